The molecule has 2 rings (SSSR count). The van der Waals surface area contributed by atoms with Gasteiger partial charge in [-0.25, -0.2) is 4.99 Å². The lowest BCUT2D eigenvalue weighted by Crippen LogP contribution is -2.45. The molecular weight excluding hydrogens is 274 g/mol. The second kappa shape index (κ2) is 4.71. The monoisotopic (exact) mass is 289 g/mol. The Labute approximate surface area is 115 Å². The summed E-state index contributed by atoms with van der Waals surface area (Å²) in [5.41, 5.74) is 1.15. The maximum Gasteiger partial charge on any atom is 0.207 e. The van der Waals surface area contributed by atoms with Crippen molar-refractivity contribution in [2.75, 3.05) is 0 Å². The third kappa shape index (κ3) is 3.09. The van der Waals surface area contributed by atoms with Gasteiger partial charge in [-0.05, 0) is 18.4 Å². The van der Waals surface area contributed by atoms with Crippen LogP contribution in [-0.4, -0.2) is 12.0 Å². The Morgan fingerprint density at radius 3 is 2.82 bits per heavy atom. The van der Waals surface area contributed by atoms with Gasteiger partial charge in [0, 0.05) is 18.0 Å². The second-order valence-electron chi connectivity index (χ2n) is 5.12. The number of hydrogen-bond donors (Lipinski definition) is 2. The first-order chi connectivity index (χ1) is 7.86. The van der Waals surface area contributed by atoms with E-state index in [0.717, 1.165) is 20.2 Å². The Hall–Kier alpha value is -0.390. The zero-order valence-corrected chi connectivity index (χ0v) is 12.7. The maximum absolute atomic E-state index is 5.96. The molecule has 0 aliphatic carbocycles. The van der Waals surface area contributed by atoms with Crippen molar-refractivity contribution in [3.63, 3.8) is 0 Å². The molecular formula is C11H16ClN3S2. The average Bonchev–Trinajstić information content (AvgIpc) is 2.55. The molecule has 2 N–H and O–H groups in total. The van der Waals surface area contributed by atoms with E-state index in [0.29, 0.717) is 6.04 Å². The fourth-order valence-corrected chi connectivity index (χ4v) is 3.30. The van der Waals surface area contributed by atoms with Crippen molar-refractivity contribution < 1.29 is 0 Å². The molecule has 6 heteroatoms. The van der Waals surface area contributed by atoms with Crippen molar-refractivity contribution >= 4 is 46.5 Å². The number of halogens is 1. The van der Waals surface area contributed by atoms with Gasteiger partial charge in [0.15, 0.2) is 0 Å². The van der Waals surface area contributed by atoms with Gasteiger partial charge in [-0.3, -0.25) is 4.72 Å². The number of hydrogen-bond acceptors (Lipinski definition) is 5. The summed E-state index contributed by atoms with van der Waals surface area (Å²) in [4.78, 5) is 4.52. The van der Waals surface area contributed by atoms with Crippen LogP contribution in [0.1, 0.15) is 27.7 Å². The smallest absolute Gasteiger partial charge is 0.207 e. The summed E-state index contributed by atoms with van der Waals surface area (Å²) in [5.74, 6) is 0.805. The zero-order chi connectivity index (χ0) is 12.6. The van der Waals surface area contributed by atoms with E-state index in [-0.39, 0.29) is 5.41 Å². The Morgan fingerprint density at radius 1 is 1.47 bits per heavy atom. The summed E-state index contributed by atoms with van der Waals surface area (Å²) >= 11 is 9.07. The molecule has 0 radical (unpaired) electrons. The summed E-state index contributed by atoms with van der Waals surface area (Å²) in [6.07, 6.45) is 0. The van der Waals surface area contributed by atoms with Gasteiger partial charge >= 0.3 is 0 Å². The molecule has 0 saturated heterocycles. The van der Waals surface area contributed by atoms with Crippen molar-refractivity contribution in [1.29, 1.82) is 0 Å². The van der Waals surface area contributed by atoms with E-state index >= 15 is 0 Å². The Kier molecular flexibility index (Phi) is 3.61. The number of aliphatic imine (C=N–C) groups is 1. The maximum atomic E-state index is 5.96. The number of nitrogens with one attached hydrogen (secondary N) is 2. The van der Waals surface area contributed by atoms with Gasteiger partial charge in [-0.15, -0.1) is 11.3 Å². The van der Waals surface area contributed by atoms with Crippen LogP contribution >= 0.6 is 34.9 Å². The topological polar surface area (TPSA) is 36.4 Å². The van der Waals surface area contributed by atoms with Gasteiger partial charge in [-0.2, -0.15) is 0 Å². The van der Waals surface area contributed by atoms with E-state index in [4.69, 9.17) is 11.6 Å². The molecule has 1 aliphatic rings. The number of nitrogens with zero attached hydrogens (tertiary/aromatic N) is 1. The van der Waals surface area contributed by atoms with Crippen LogP contribution in [0.25, 0.3) is 0 Å². The molecule has 17 heavy (non-hydrogen) atoms. The molecule has 1 aliphatic heterocycles. The number of thiophene rings is 1. The van der Waals surface area contributed by atoms with Crippen LogP contribution in [0.3, 0.4) is 0 Å². The highest BCUT2D eigenvalue weighted by Crippen LogP contribution is 2.41. The highest BCUT2D eigenvalue weighted by molar-refractivity contribution is 8.00. The van der Waals surface area contributed by atoms with E-state index in [1.807, 2.05) is 6.07 Å². The van der Waals surface area contributed by atoms with E-state index in [1.54, 1.807) is 23.3 Å². The zero-order valence-electron chi connectivity index (χ0n) is 10.3. The highest BCUT2D eigenvalue weighted by atomic mass is 35.5. The molecule has 0 amide bonds. The van der Waals surface area contributed by atoms with Gasteiger partial charge in [0.2, 0.25) is 5.96 Å². The molecule has 0 saturated carbocycles. The van der Waals surface area contributed by atoms with Gasteiger partial charge in [0.1, 0.15) is 4.21 Å². The fourth-order valence-electron chi connectivity index (χ4n) is 1.21. The third-order valence-corrected chi connectivity index (χ3v) is 5.01. The van der Waals surface area contributed by atoms with Crippen molar-refractivity contribution in [3.8, 4) is 0 Å². The first-order valence-electron chi connectivity index (χ1n) is 5.43. The standard InChI is InChI=1S/C11H16ClN3S2/c1-6(11(2,3)4)13-10-14-7-5-8(12)16-9(7)17-15-10/h5-6H,1-4H3,(H2,13,14,15). The summed E-state index contributed by atoms with van der Waals surface area (Å²) in [7, 11) is 0. The summed E-state index contributed by atoms with van der Waals surface area (Å²) in [6.45, 7) is 8.77. The van der Waals surface area contributed by atoms with Crippen LogP contribution in [0.15, 0.2) is 15.3 Å². The SMILES string of the molecule is CC(NC1=Nc2cc(Cl)sc2SN1)C(C)(C)C. The van der Waals surface area contributed by atoms with E-state index in [1.165, 1.54) is 0 Å². The Morgan fingerprint density at radius 2 is 2.18 bits per heavy atom. The summed E-state index contributed by atoms with van der Waals surface area (Å²) < 4.78 is 5.09. The number of guanidine groups is 1. The third-order valence-electron chi connectivity index (χ3n) is 2.77. The summed E-state index contributed by atoms with van der Waals surface area (Å²) in [6, 6.07) is 2.24. The predicted octanol–water partition coefficient (Wildman–Crippen LogP) is 4.02. The molecule has 1 aromatic heterocycles. The van der Waals surface area contributed by atoms with Crippen LogP contribution in [0.2, 0.25) is 4.34 Å². The first kappa shape index (κ1) is 13.1. The van der Waals surface area contributed by atoms with Crippen molar-refractivity contribution in [2.45, 2.75) is 37.9 Å². The van der Waals surface area contributed by atoms with Gasteiger partial charge in [-0.1, -0.05) is 32.4 Å². The Bertz CT molecular complexity index is 448. The van der Waals surface area contributed by atoms with Crippen LogP contribution in [0.5, 0.6) is 0 Å². The van der Waals surface area contributed by atoms with E-state index in [9.17, 15) is 0 Å². The molecule has 0 bridgehead atoms. The average molecular weight is 290 g/mol. The van der Waals surface area contributed by atoms with Crippen LogP contribution in [-0.2, 0) is 0 Å². The first-order valence-corrected chi connectivity index (χ1v) is 7.45. The minimum absolute atomic E-state index is 0.196. The molecule has 0 aromatic carbocycles. The quantitative estimate of drug-likeness (QED) is 0.767. The molecule has 0 spiro atoms. The largest absolute Gasteiger partial charge is 0.352 e. The van der Waals surface area contributed by atoms with Gasteiger partial charge in [0.05, 0.1) is 10.0 Å². The van der Waals surface area contributed by atoms with E-state index < -0.39 is 0 Å². The van der Waals surface area contributed by atoms with Gasteiger partial charge < -0.3 is 5.32 Å². The Balaban J connectivity index is 2.12. The lowest BCUT2D eigenvalue weighted by atomic mass is 9.88. The molecule has 1 atom stereocenters. The number of rotatable bonds is 1. The van der Waals surface area contributed by atoms with Gasteiger partial charge in [0.25, 0.3) is 0 Å². The van der Waals surface area contributed by atoms with Crippen LogP contribution in [0, 0.1) is 5.41 Å². The van der Waals surface area contributed by atoms with Crippen LogP contribution < -0.4 is 10.0 Å². The molecule has 3 nitrogen and oxygen atoms in total. The lowest BCUT2D eigenvalue weighted by molar-refractivity contribution is 0.315. The molecule has 1 aromatic rings. The summed E-state index contributed by atoms with van der Waals surface area (Å²) in [5, 5.41) is 3.39. The van der Waals surface area contributed by atoms with Crippen LogP contribution in [0.4, 0.5) is 5.69 Å². The minimum Gasteiger partial charge on any atom is -0.352 e. The molecule has 2 heterocycles. The van der Waals surface area contributed by atoms with Crippen molar-refractivity contribution in [3.05, 3.63) is 10.4 Å². The number of fused-ring (bicyclic) bond motifs is 1. The normalized spacial score (nSPS) is 16.9. The minimum atomic E-state index is 0.196. The van der Waals surface area contributed by atoms with Crippen molar-refractivity contribution in [1.82, 2.24) is 10.0 Å². The second-order valence-corrected chi connectivity index (χ2v) is 7.88. The highest BCUT2D eigenvalue weighted by Gasteiger charge is 2.23. The predicted molar refractivity (Wildman–Crippen MR) is 77.5 cm³/mol. The molecule has 94 valence electrons. The molecule has 0 fully saturated rings. The lowest BCUT2D eigenvalue weighted by Gasteiger charge is -2.30. The van der Waals surface area contributed by atoms with E-state index in [2.05, 4.69) is 42.7 Å². The fraction of sp³-hybridized carbons (Fsp3) is 0.545. The van der Waals surface area contributed by atoms with Crippen molar-refractivity contribution in [2.24, 2.45) is 10.4 Å². The molecule has 1 unspecified atom stereocenters.